The van der Waals surface area contributed by atoms with Crippen molar-refractivity contribution in [3.63, 3.8) is 0 Å². The molecule has 19 heavy (non-hydrogen) atoms. The first-order valence-electron chi connectivity index (χ1n) is 6.35. The highest BCUT2D eigenvalue weighted by molar-refractivity contribution is 5.81. The van der Waals surface area contributed by atoms with E-state index in [4.69, 9.17) is 9.84 Å². The molecule has 2 unspecified atom stereocenters. The van der Waals surface area contributed by atoms with Crippen LogP contribution in [0.2, 0.25) is 0 Å². The number of carbonyl (C=O) groups excluding carboxylic acids is 1. The number of rotatable bonds is 7. The third-order valence-corrected chi connectivity index (χ3v) is 3.08. The Bertz CT molecular complexity index is 409. The Morgan fingerprint density at radius 2 is 2.05 bits per heavy atom. The first-order chi connectivity index (χ1) is 9.08. The Balaban J connectivity index is 2.46. The Hall–Kier alpha value is -1.75. The lowest BCUT2D eigenvalue weighted by Gasteiger charge is -2.19. The van der Waals surface area contributed by atoms with Crippen LogP contribution in [0.3, 0.4) is 0 Å². The number of methoxy groups -OCH3 is 1. The van der Waals surface area contributed by atoms with Crippen LogP contribution in [0.1, 0.15) is 13.8 Å². The number of anilines is 1. The van der Waals surface area contributed by atoms with Crippen molar-refractivity contribution in [1.29, 1.82) is 0 Å². The molecule has 0 bridgehead atoms. The van der Waals surface area contributed by atoms with E-state index in [0.717, 1.165) is 5.69 Å². The summed E-state index contributed by atoms with van der Waals surface area (Å²) in [5.41, 5.74) is 0.781. The maximum atomic E-state index is 11.8. The van der Waals surface area contributed by atoms with E-state index < -0.39 is 0 Å². The first-order valence-corrected chi connectivity index (χ1v) is 6.35. The van der Waals surface area contributed by atoms with Crippen LogP contribution in [0.25, 0.3) is 0 Å². The molecule has 0 aliphatic heterocycles. The summed E-state index contributed by atoms with van der Waals surface area (Å²) in [7, 11) is 1.59. The molecule has 0 saturated heterocycles. The molecule has 1 aromatic carbocycles. The van der Waals surface area contributed by atoms with Crippen molar-refractivity contribution in [2.45, 2.75) is 19.9 Å². The summed E-state index contributed by atoms with van der Waals surface area (Å²) in [4.78, 5) is 11.8. The predicted octanol–water partition coefficient (Wildman–Crippen LogP) is 1.24. The zero-order valence-electron chi connectivity index (χ0n) is 11.6. The lowest BCUT2D eigenvalue weighted by molar-refractivity contribution is -0.120. The summed E-state index contributed by atoms with van der Waals surface area (Å²) in [5.74, 6) is 0.626. The minimum absolute atomic E-state index is 0.0372. The van der Waals surface area contributed by atoms with Gasteiger partial charge in [-0.15, -0.1) is 0 Å². The van der Waals surface area contributed by atoms with Crippen molar-refractivity contribution < 1.29 is 14.6 Å². The quantitative estimate of drug-likeness (QED) is 0.694. The topological polar surface area (TPSA) is 70.6 Å². The van der Waals surface area contributed by atoms with Crippen molar-refractivity contribution in [3.05, 3.63) is 24.3 Å². The van der Waals surface area contributed by atoms with Gasteiger partial charge in [0.1, 0.15) is 5.75 Å². The number of hydrogen-bond acceptors (Lipinski definition) is 4. The molecule has 3 N–H and O–H groups in total. The molecule has 106 valence electrons. The van der Waals surface area contributed by atoms with Crippen LogP contribution < -0.4 is 15.4 Å². The summed E-state index contributed by atoms with van der Waals surface area (Å²) < 4.78 is 5.19. The van der Waals surface area contributed by atoms with Crippen LogP contribution in [0.5, 0.6) is 5.75 Å². The van der Waals surface area contributed by atoms with Gasteiger partial charge in [-0.05, 0) is 25.0 Å². The molecule has 5 nitrogen and oxygen atoms in total. The predicted molar refractivity (Wildman–Crippen MR) is 75.3 cm³/mol. The molecule has 0 aromatic heterocycles. The van der Waals surface area contributed by atoms with Gasteiger partial charge < -0.3 is 20.5 Å². The third kappa shape index (κ3) is 4.79. The number of carbonyl (C=O) groups is 1. The highest BCUT2D eigenvalue weighted by atomic mass is 16.5. The van der Waals surface area contributed by atoms with E-state index in [-0.39, 0.29) is 31.0 Å². The second kappa shape index (κ2) is 7.63. The zero-order chi connectivity index (χ0) is 14.3. The zero-order valence-corrected chi connectivity index (χ0v) is 11.6. The lowest BCUT2D eigenvalue weighted by atomic mass is 10.1. The lowest BCUT2D eigenvalue weighted by Crippen LogP contribution is -2.41. The van der Waals surface area contributed by atoms with Crippen LogP contribution >= 0.6 is 0 Å². The third-order valence-electron chi connectivity index (χ3n) is 3.08. The summed E-state index contributed by atoms with van der Waals surface area (Å²) in [6.45, 7) is 3.99. The molecule has 0 aliphatic rings. The van der Waals surface area contributed by atoms with Gasteiger partial charge in [0.15, 0.2) is 0 Å². The highest BCUT2D eigenvalue weighted by Crippen LogP contribution is 2.22. The molecule has 2 atom stereocenters. The number of ether oxygens (including phenoxy) is 1. The summed E-state index contributed by atoms with van der Waals surface area (Å²) in [6, 6.07) is 7.37. The van der Waals surface area contributed by atoms with Crippen molar-refractivity contribution >= 4 is 11.6 Å². The van der Waals surface area contributed by atoms with Crippen LogP contribution in [0.15, 0.2) is 24.3 Å². The summed E-state index contributed by atoms with van der Waals surface area (Å²) >= 11 is 0. The standard InChI is InChI=1S/C14H22N2O3/c1-10(9-17)11(2)16-14(18)8-15-12-6-4-5-7-13(12)19-3/h4-7,10-11,15,17H,8-9H2,1-3H3,(H,16,18). The SMILES string of the molecule is COc1ccccc1NCC(=O)NC(C)C(C)CO. The number of hydrogen-bond donors (Lipinski definition) is 3. The number of benzene rings is 1. The smallest absolute Gasteiger partial charge is 0.239 e. The molecule has 1 rings (SSSR count). The van der Waals surface area contributed by atoms with E-state index in [1.807, 2.05) is 38.1 Å². The molecule has 0 saturated carbocycles. The van der Waals surface area contributed by atoms with Crippen LogP contribution in [0.4, 0.5) is 5.69 Å². The fourth-order valence-electron chi connectivity index (χ4n) is 1.57. The molecule has 0 spiro atoms. The molecular weight excluding hydrogens is 244 g/mol. The van der Waals surface area contributed by atoms with Gasteiger partial charge in [0, 0.05) is 12.6 Å². The van der Waals surface area contributed by atoms with Gasteiger partial charge in [0.05, 0.1) is 19.3 Å². The number of aliphatic hydroxyl groups excluding tert-OH is 1. The van der Waals surface area contributed by atoms with Gasteiger partial charge in [-0.3, -0.25) is 4.79 Å². The highest BCUT2D eigenvalue weighted by Gasteiger charge is 2.13. The van der Waals surface area contributed by atoms with Gasteiger partial charge in [0.2, 0.25) is 5.91 Å². The average Bonchev–Trinajstić information content (AvgIpc) is 2.44. The number of amides is 1. The van der Waals surface area contributed by atoms with Crippen molar-refractivity contribution in [2.24, 2.45) is 5.92 Å². The molecule has 0 heterocycles. The largest absolute Gasteiger partial charge is 0.495 e. The average molecular weight is 266 g/mol. The molecule has 1 aromatic rings. The van der Waals surface area contributed by atoms with Gasteiger partial charge in [-0.25, -0.2) is 0 Å². The number of nitrogens with one attached hydrogen (secondary N) is 2. The van der Waals surface area contributed by atoms with E-state index in [2.05, 4.69) is 10.6 Å². The van der Waals surface area contributed by atoms with Gasteiger partial charge in [-0.2, -0.15) is 0 Å². The summed E-state index contributed by atoms with van der Waals surface area (Å²) in [6.07, 6.45) is 0. The fraction of sp³-hybridized carbons (Fsp3) is 0.500. The second-order valence-corrected chi connectivity index (χ2v) is 4.57. The van der Waals surface area contributed by atoms with Gasteiger partial charge in [-0.1, -0.05) is 19.1 Å². The Morgan fingerprint density at radius 1 is 1.37 bits per heavy atom. The summed E-state index contributed by atoms with van der Waals surface area (Å²) in [5, 5.41) is 14.9. The molecule has 0 aliphatic carbocycles. The molecule has 0 radical (unpaired) electrons. The Labute approximate surface area is 114 Å². The van der Waals surface area contributed by atoms with Crippen molar-refractivity contribution in [1.82, 2.24) is 5.32 Å². The molecule has 5 heteroatoms. The monoisotopic (exact) mass is 266 g/mol. The molecule has 0 fully saturated rings. The fourth-order valence-corrected chi connectivity index (χ4v) is 1.57. The number of aliphatic hydroxyl groups is 1. The normalized spacial score (nSPS) is 13.5. The first kappa shape index (κ1) is 15.3. The Kier molecular flexibility index (Phi) is 6.15. The van der Waals surface area contributed by atoms with E-state index in [1.54, 1.807) is 7.11 Å². The van der Waals surface area contributed by atoms with Gasteiger partial charge >= 0.3 is 0 Å². The molecule has 1 amide bonds. The second-order valence-electron chi connectivity index (χ2n) is 4.57. The van der Waals surface area contributed by atoms with E-state index in [1.165, 1.54) is 0 Å². The van der Waals surface area contributed by atoms with Gasteiger partial charge in [0.25, 0.3) is 0 Å². The minimum Gasteiger partial charge on any atom is -0.495 e. The van der Waals surface area contributed by atoms with Crippen LogP contribution in [0, 0.1) is 5.92 Å². The minimum atomic E-state index is -0.112. The van der Waals surface area contributed by atoms with E-state index in [0.29, 0.717) is 5.75 Å². The maximum absolute atomic E-state index is 11.8. The number of para-hydroxylation sites is 2. The van der Waals surface area contributed by atoms with Crippen LogP contribution in [-0.2, 0) is 4.79 Å². The Morgan fingerprint density at radius 3 is 2.68 bits per heavy atom. The maximum Gasteiger partial charge on any atom is 0.239 e. The van der Waals surface area contributed by atoms with Crippen molar-refractivity contribution in [3.8, 4) is 5.75 Å². The van der Waals surface area contributed by atoms with Crippen LogP contribution in [-0.4, -0.2) is 37.3 Å². The van der Waals surface area contributed by atoms with Crippen molar-refractivity contribution in [2.75, 3.05) is 25.6 Å². The van der Waals surface area contributed by atoms with E-state index >= 15 is 0 Å². The van der Waals surface area contributed by atoms with E-state index in [9.17, 15) is 4.79 Å². The molecular formula is C14H22N2O3.